The van der Waals surface area contributed by atoms with Crippen molar-refractivity contribution in [2.24, 2.45) is 17.8 Å². The molecular weight excluding hydrogens is 547 g/mol. The van der Waals surface area contributed by atoms with E-state index >= 15 is 0 Å². The fraction of sp³-hybridized carbons (Fsp3) is 0.548. The third-order valence-corrected chi connectivity index (χ3v) is 9.36. The van der Waals surface area contributed by atoms with Crippen LogP contribution in [-0.4, -0.2) is 57.0 Å². The molecule has 2 aliphatic heterocycles. The van der Waals surface area contributed by atoms with Crippen LogP contribution in [0, 0.1) is 17.8 Å². The highest BCUT2D eigenvalue weighted by atomic mass is 19.4. The van der Waals surface area contributed by atoms with Crippen LogP contribution in [0.3, 0.4) is 0 Å². The summed E-state index contributed by atoms with van der Waals surface area (Å²) in [6.45, 7) is 2.56. The molecule has 1 saturated carbocycles. The number of anilines is 1. The average Bonchev–Trinajstić information content (AvgIpc) is 3.71. The maximum absolute atomic E-state index is 13.3. The Morgan fingerprint density at radius 1 is 0.976 bits per heavy atom. The number of hydrogen-bond acceptors (Lipinski definition) is 7. The minimum absolute atomic E-state index is 0.0991. The van der Waals surface area contributed by atoms with Crippen molar-refractivity contribution in [3.63, 3.8) is 0 Å². The van der Waals surface area contributed by atoms with Gasteiger partial charge in [-0.15, -0.1) is 0 Å². The first kappa shape index (κ1) is 28.6. The fourth-order valence-electron chi connectivity index (χ4n) is 6.89. The molecule has 3 aliphatic rings. The van der Waals surface area contributed by atoms with Gasteiger partial charge in [0.2, 0.25) is 11.8 Å². The molecule has 11 heteroatoms. The van der Waals surface area contributed by atoms with Gasteiger partial charge in [-0.2, -0.15) is 13.2 Å². The molecule has 3 aromatic heterocycles. The summed E-state index contributed by atoms with van der Waals surface area (Å²) in [6, 6.07) is 5.81. The van der Waals surface area contributed by atoms with Gasteiger partial charge in [-0.25, -0.2) is 9.97 Å². The van der Waals surface area contributed by atoms with Crippen molar-refractivity contribution in [3.8, 4) is 11.5 Å². The van der Waals surface area contributed by atoms with Crippen LogP contribution >= 0.6 is 0 Å². The van der Waals surface area contributed by atoms with E-state index in [4.69, 9.17) is 4.42 Å². The highest BCUT2D eigenvalue weighted by molar-refractivity contribution is 5.79. The molecule has 224 valence electrons. The largest absolute Gasteiger partial charge is 0.444 e. The number of aromatic nitrogens is 3. The highest BCUT2D eigenvalue weighted by Gasteiger charge is 2.39. The SMILES string of the molecule is O=C(C1CCN(c2cc(C(F)(F)F)ccn2)CC1)N1CC[C@H](CC2CCC(O)(c3ccc(-c4ncco4)cn3)CC2)C1. The van der Waals surface area contributed by atoms with Gasteiger partial charge in [0.15, 0.2) is 0 Å². The van der Waals surface area contributed by atoms with E-state index in [0.717, 1.165) is 56.5 Å². The molecular formula is C31H36F3N5O3. The van der Waals surface area contributed by atoms with Gasteiger partial charge in [0, 0.05) is 44.5 Å². The lowest BCUT2D eigenvalue weighted by Crippen LogP contribution is -2.42. The Hall–Kier alpha value is -3.47. The zero-order valence-corrected chi connectivity index (χ0v) is 23.5. The highest BCUT2D eigenvalue weighted by Crippen LogP contribution is 2.42. The molecule has 0 bridgehead atoms. The molecule has 3 fully saturated rings. The van der Waals surface area contributed by atoms with Crippen molar-refractivity contribution in [1.82, 2.24) is 19.9 Å². The second-order valence-corrected chi connectivity index (χ2v) is 12.1. The van der Waals surface area contributed by atoms with E-state index in [1.54, 1.807) is 12.4 Å². The average molecular weight is 584 g/mol. The molecule has 1 amide bonds. The Morgan fingerprint density at radius 3 is 2.43 bits per heavy atom. The Bertz CT molecular complexity index is 1350. The predicted octanol–water partition coefficient (Wildman–Crippen LogP) is 5.68. The lowest BCUT2D eigenvalue weighted by atomic mass is 9.74. The molecule has 3 aromatic rings. The van der Waals surface area contributed by atoms with Gasteiger partial charge in [0.1, 0.15) is 17.7 Å². The maximum Gasteiger partial charge on any atom is 0.416 e. The van der Waals surface area contributed by atoms with Crippen LogP contribution in [0.25, 0.3) is 11.5 Å². The number of nitrogens with zero attached hydrogens (tertiary/aromatic N) is 5. The van der Waals surface area contributed by atoms with Crippen LogP contribution in [0.15, 0.2) is 53.5 Å². The smallest absolute Gasteiger partial charge is 0.416 e. The van der Waals surface area contributed by atoms with E-state index in [9.17, 15) is 23.1 Å². The summed E-state index contributed by atoms with van der Waals surface area (Å²) in [5.41, 5.74) is -0.170. The Labute approximate surface area is 243 Å². The summed E-state index contributed by atoms with van der Waals surface area (Å²) in [5.74, 6) is 1.87. The van der Waals surface area contributed by atoms with Crippen molar-refractivity contribution in [2.75, 3.05) is 31.1 Å². The Balaban J connectivity index is 0.955. The zero-order chi connectivity index (χ0) is 29.3. The molecule has 2 saturated heterocycles. The second kappa shape index (κ2) is 11.7. The monoisotopic (exact) mass is 583 g/mol. The van der Waals surface area contributed by atoms with E-state index in [2.05, 4.69) is 15.0 Å². The minimum Gasteiger partial charge on any atom is -0.444 e. The molecule has 1 atom stereocenters. The van der Waals surface area contributed by atoms with E-state index in [1.807, 2.05) is 21.9 Å². The minimum atomic E-state index is -4.40. The summed E-state index contributed by atoms with van der Waals surface area (Å²) >= 11 is 0. The number of hydrogen-bond donors (Lipinski definition) is 1. The molecule has 8 nitrogen and oxygen atoms in total. The number of carbonyl (C=O) groups excluding carboxylic acids is 1. The number of rotatable bonds is 6. The lowest BCUT2D eigenvalue weighted by molar-refractivity contribution is -0.137. The maximum atomic E-state index is 13.3. The van der Waals surface area contributed by atoms with Crippen LogP contribution in [0.1, 0.15) is 62.6 Å². The first-order valence-corrected chi connectivity index (χ1v) is 14.8. The number of carbonyl (C=O) groups is 1. The van der Waals surface area contributed by atoms with Gasteiger partial charge < -0.3 is 19.3 Å². The second-order valence-electron chi connectivity index (χ2n) is 12.1. The summed E-state index contributed by atoms with van der Waals surface area (Å²) in [5, 5.41) is 11.3. The van der Waals surface area contributed by atoms with Crippen molar-refractivity contribution in [1.29, 1.82) is 0 Å². The molecule has 1 N–H and O–H groups in total. The quantitative estimate of drug-likeness (QED) is 0.399. The summed E-state index contributed by atoms with van der Waals surface area (Å²) in [4.78, 5) is 29.9. The standard InChI is InChI=1S/C31H36F3N5O3/c32-31(33,34)25-5-11-35-27(18-25)38-14-7-23(8-15-38)29(40)39-13-6-22(20-39)17-21-3-9-30(41,10-4-21)26-2-1-24(19-37-26)28-36-12-16-42-28/h1-2,5,11-12,16,18-19,21-23,41H,3-4,6-10,13-15,17,20H2/t21?,22-,30?/m1/s1. The van der Waals surface area contributed by atoms with E-state index in [-0.39, 0.29) is 11.8 Å². The van der Waals surface area contributed by atoms with Crippen LogP contribution in [0.2, 0.25) is 0 Å². The lowest BCUT2D eigenvalue weighted by Gasteiger charge is -2.36. The number of aliphatic hydroxyl groups is 1. The number of halogens is 3. The van der Waals surface area contributed by atoms with Gasteiger partial charge in [-0.3, -0.25) is 9.78 Å². The molecule has 5 heterocycles. The summed E-state index contributed by atoms with van der Waals surface area (Å²) in [6.07, 6.45) is 8.05. The van der Waals surface area contributed by atoms with Gasteiger partial charge in [-0.05, 0) is 87.5 Å². The topological polar surface area (TPSA) is 95.6 Å². The van der Waals surface area contributed by atoms with Crippen molar-refractivity contribution >= 4 is 11.7 Å². The molecule has 0 spiro atoms. The number of oxazole rings is 1. The van der Waals surface area contributed by atoms with Crippen LogP contribution in [-0.2, 0) is 16.6 Å². The Morgan fingerprint density at radius 2 is 1.76 bits per heavy atom. The zero-order valence-electron chi connectivity index (χ0n) is 23.5. The number of amides is 1. The molecule has 6 rings (SSSR count). The van der Waals surface area contributed by atoms with Gasteiger partial charge in [-0.1, -0.05) is 0 Å². The first-order chi connectivity index (χ1) is 20.2. The summed E-state index contributed by atoms with van der Waals surface area (Å²) < 4.78 is 44.6. The van der Waals surface area contributed by atoms with E-state index in [0.29, 0.717) is 68.0 Å². The van der Waals surface area contributed by atoms with Crippen LogP contribution < -0.4 is 4.90 Å². The Kier molecular flexibility index (Phi) is 7.95. The van der Waals surface area contributed by atoms with Crippen LogP contribution in [0.5, 0.6) is 0 Å². The molecule has 42 heavy (non-hydrogen) atoms. The molecule has 0 radical (unpaired) electrons. The van der Waals surface area contributed by atoms with Gasteiger partial charge >= 0.3 is 6.18 Å². The van der Waals surface area contributed by atoms with Gasteiger partial charge in [0.05, 0.1) is 23.0 Å². The fourth-order valence-corrected chi connectivity index (χ4v) is 6.89. The number of piperidine rings is 1. The third kappa shape index (κ3) is 6.16. The molecule has 0 aromatic carbocycles. The number of alkyl halides is 3. The first-order valence-electron chi connectivity index (χ1n) is 14.8. The van der Waals surface area contributed by atoms with Crippen molar-refractivity contribution in [3.05, 3.63) is 60.4 Å². The normalized spacial score (nSPS) is 25.6. The number of pyridine rings is 2. The molecule has 1 aliphatic carbocycles. The predicted molar refractivity (Wildman–Crippen MR) is 149 cm³/mol. The van der Waals surface area contributed by atoms with Crippen molar-refractivity contribution in [2.45, 2.75) is 63.1 Å². The van der Waals surface area contributed by atoms with Crippen LogP contribution in [0.4, 0.5) is 19.0 Å². The van der Waals surface area contributed by atoms with Gasteiger partial charge in [0.25, 0.3) is 0 Å². The summed E-state index contributed by atoms with van der Waals surface area (Å²) in [7, 11) is 0. The molecule has 0 unspecified atom stereocenters. The van der Waals surface area contributed by atoms with E-state index in [1.165, 1.54) is 12.5 Å². The number of likely N-dealkylation sites (tertiary alicyclic amines) is 1. The van der Waals surface area contributed by atoms with Crippen molar-refractivity contribution < 1.29 is 27.5 Å². The third-order valence-electron chi connectivity index (χ3n) is 9.36. The van der Waals surface area contributed by atoms with E-state index < -0.39 is 17.3 Å².